The summed E-state index contributed by atoms with van der Waals surface area (Å²) in [7, 11) is 0. The molecule has 0 radical (unpaired) electrons. The van der Waals surface area contributed by atoms with Gasteiger partial charge in [0.15, 0.2) is 5.65 Å². The lowest BCUT2D eigenvalue weighted by Gasteiger charge is -2.22. The fourth-order valence-corrected chi connectivity index (χ4v) is 3.18. The highest BCUT2D eigenvalue weighted by Gasteiger charge is 2.20. The van der Waals surface area contributed by atoms with Crippen LogP contribution >= 0.6 is 0 Å². The predicted octanol–water partition coefficient (Wildman–Crippen LogP) is 1.74. The molecule has 3 rings (SSSR count). The van der Waals surface area contributed by atoms with E-state index in [9.17, 15) is 9.59 Å². The first-order valence-corrected chi connectivity index (χ1v) is 8.86. The number of fused-ring (bicyclic) bond motifs is 1. The van der Waals surface area contributed by atoms with E-state index >= 15 is 0 Å². The van der Waals surface area contributed by atoms with Crippen LogP contribution < -0.4 is 16.2 Å². The second-order valence-electron chi connectivity index (χ2n) is 7.64. The Morgan fingerprint density at radius 3 is 2.72 bits per heavy atom. The SMILES string of the molecule is CC(C)(C)n1ncc2c(=O)[nH]c(NCC(=O)NC3CCCCC3)nc21. The molecule has 0 saturated heterocycles. The lowest BCUT2D eigenvalue weighted by atomic mass is 9.95. The van der Waals surface area contributed by atoms with Crippen LogP contribution in [-0.4, -0.2) is 38.2 Å². The van der Waals surface area contributed by atoms with Gasteiger partial charge in [0.1, 0.15) is 5.39 Å². The summed E-state index contributed by atoms with van der Waals surface area (Å²) in [6.45, 7) is 6.06. The molecule has 2 heterocycles. The summed E-state index contributed by atoms with van der Waals surface area (Å²) in [6, 6.07) is 0.264. The Hall–Kier alpha value is -2.38. The Balaban J connectivity index is 1.71. The number of rotatable bonds is 4. The number of nitrogens with one attached hydrogen (secondary N) is 3. The molecule has 0 aliphatic heterocycles. The van der Waals surface area contributed by atoms with E-state index in [4.69, 9.17) is 0 Å². The second-order valence-corrected chi connectivity index (χ2v) is 7.64. The van der Waals surface area contributed by atoms with Crippen molar-refractivity contribution in [3.8, 4) is 0 Å². The molecule has 1 aliphatic rings. The van der Waals surface area contributed by atoms with Gasteiger partial charge >= 0.3 is 0 Å². The first-order valence-electron chi connectivity index (χ1n) is 8.86. The average Bonchev–Trinajstić information content (AvgIpc) is 2.99. The molecule has 0 bridgehead atoms. The molecule has 8 heteroatoms. The number of carbonyl (C=O) groups is 1. The van der Waals surface area contributed by atoms with Crippen LogP contribution in [0.1, 0.15) is 52.9 Å². The van der Waals surface area contributed by atoms with Gasteiger partial charge in [0, 0.05) is 6.04 Å². The van der Waals surface area contributed by atoms with Crippen LogP contribution in [0.3, 0.4) is 0 Å². The number of amides is 1. The number of nitrogens with zero attached hydrogens (tertiary/aromatic N) is 3. The summed E-state index contributed by atoms with van der Waals surface area (Å²) in [5.41, 5.74) is -0.0554. The number of H-pyrrole nitrogens is 1. The van der Waals surface area contributed by atoms with Crippen LogP contribution in [0.2, 0.25) is 0 Å². The number of anilines is 1. The number of hydrogen-bond acceptors (Lipinski definition) is 5. The van der Waals surface area contributed by atoms with E-state index in [-0.39, 0.29) is 35.5 Å². The Kier molecular flexibility index (Phi) is 4.78. The molecule has 25 heavy (non-hydrogen) atoms. The molecule has 3 N–H and O–H groups in total. The van der Waals surface area contributed by atoms with Crippen molar-refractivity contribution in [3.63, 3.8) is 0 Å². The summed E-state index contributed by atoms with van der Waals surface area (Å²) in [5.74, 6) is 0.196. The maximum Gasteiger partial charge on any atom is 0.263 e. The molecule has 0 unspecified atom stereocenters. The maximum atomic E-state index is 12.2. The molecule has 0 spiro atoms. The molecule has 8 nitrogen and oxygen atoms in total. The number of aromatic nitrogens is 4. The Bertz CT molecular complexity index is 811. The molecule has 1 fully saturated rings. The molecule has 136 valence electrons. The van der Waals surface area contributed by atoms with Crippen LogP contribution in [0, 0.1) is 0 Å². The van der Waals surface area contributed by atoms with Crippen molar-refractivity contribution in [1.29, 1.82) is 0 Å². The fourth-order valence-electron chi connectivity index (χ4n) is 3.18. The quantitative estimate of drug-likeness (QED) is 0.782. The zero-order chi connectivity index (χ0) is 18.0. The first kappa shape index (κ1) is 17.4. The molecule has 1 aliphatic carbocycles. The third-order valence-corrected chi connectivity index (χ3v) is 4.46. The monoisotopic (exact) mass is 346 g/mol. The topological polar surface area (TPSA) is 105 Å². The van der Waals surface area contributed by atoms with Gasteiger partial charge in [0.2, 0.25) is 11.9 Å². The number of hydrogen-bond donors (Lipinski definition) is 3. The molecule has 0 aromatic carbocycles. The van der Waals surface area contributed by atoms with Gasteiger partial charge in [0.25, 0.3) is 5.56 Å². The number of aromatic amines is 1. The van der Waals surface area contributed by atoms with E-state index in [2.05, 4.69) is 25.7 Å². The highest BCUT2D eigenvalue weighted by molar-refractivity contribution is 5.81. The highest BCUT2D eigenvalue weighted by Crippen LogP contribution is 2.19. The van der Waals surface area contributed by atoms with E-state index in [0.717, 1.165) is 12.8 Å². The molecule has 0 atom stereocenters. The first-order chi connectivity index (χ1) is 11.8. The minimum Gasteiger partial charge on any atom is -0.352 e. The van der Waals surface area contributed by atoms with Crippen molar-refractivity contribution in [1.82, 2.24) is 25.1 Å². The van der Waals surface area contributed by atoms with Crippen molar-refractivity contribution in [2.24, 2.45) is 0 Å². The zero-order valence-corrected chi connectivity index (χ0v) is 15.1. The van der Waals surface area contributed by atoms with Gasteiger partial charge in [-0.05, 0) is 33.6 Å². The summed E-state index contributed by atoms with van der Waals surface area (Å²) >= 11 is 0. The van der Waals surface area contributed by atoms with Gasteiger partial charge in [0.05, 0.1) is 18.3 Å². The molecular weight excluding hydrogens is 320 g/mol. The molecule has 2 aromatic heterocycles. The van der Waals surface area contributed by atoms with E-state index in [1.807, 2.05) is 20.8 Å². The van der Waals surface area contributed by atoms with Crippen LogP contribution in [0.4, 0.5) is 5.95 Å². The van der Waals surface area contributed by atoms with Gasteiger partial charge < -0.3 is 10.6 Å². The number of carbonyl (C=O) groups excluding carboxylic acids is 1. The van der Waals surface area contributed by atoms with E-state index in [1.54, 1.807) is 4.68 Å². The van der Waals surface area contributed by atoms with Crippen molar-refractivity contribution in [2.45, 2.75) is 64.5 Å². The van der Waals surface area contributed by atoms with Gasteiger partial charge in [-0.2, -0.15) is 10.1 Å². The minimum atomic E-state index is -0.293. The third-order valence-electron chi connectivity index (χ3n) is 4.46. The van der Waals surface area contributed by atoms with Crippen LogP contribution in [0.15, 0.2) is 11.0 Å². The van der Waals surface area contributed by atoms with Crippen LogP contribution in [0.5, 0.6) is 0 Å². The van der Waals surface area contributed by atoms with Gasteiger partial charge in [-0.15, -0.1) is 0 Å². The summed E-state index contributed by atoms with van der Waals surface area (Å²) < 4.78 is 1.71. The Labute approximate surface area is 146 Å². The van der Waals surface area contributed by atoms with Crippen molar-refractivity contribution in [3.05, 3.63) is 16.6 Å². The Morgan fingerprint density at radius 2 is 2.04 bits per heavy atom. The molecule has 1 amide bonds. The predicted molar refractivity (Wildman–Crippen MR) is 96.7 cm³/mol. The van der Waals surface area contributed by atoms with Crippen molar-refractivity contribution < 1.29 is 4.79 Å². The van der Waals surface area contributed by atoms with Gasteiger partial charge in [-0.1, -0.05) is 19.3 Å². The summed E-state index contributed by atoms with van der Waals surface area (Å²) in [6.07, 6.45) is 7.18. The van der Waals surface area contributed by atoms with Gasteiger partial charge in [-0.3, -0.25) is 14.6 Å². The standard InChI is InChI=1S/C17H26N6O2/c1-17(2,3)23-14-12(9-19-23)15(25)22-16(21-14)18-10-13(24)20-11-7-5-4-6-8-11/h9,11H,4-8,10H2,1-3H3,(H,20,24)(H2,18,21,22,25). The minimum absolute atomic E-state index is 0.0780. The molecule has 1 saturated carbocycles. The summed E-state index contributed by atoms with van der Waals surface area (Å²) in [4.78, 5) is 31.4. The van der Waals surface area contributed by atoms with Crippen LogP contribution in [0.25, 0.3) is 11.0 Å². The lowest BCUT2D eigenvalue weighted by Crippen LogP contribution is -2.39. The van der Waals surface area contributed by atoms with Crippen LogP contribution in [-0.2, 0) is 10.3 Å². The Morgan fingerprint density at radius 1 is 1.32 bits per heavy atom. The summed E-state index contributed by atoms with van der Waals surface area (Å²) in [5, 5.41) is 10.7. The van der Waals surface area contributed by atoms with Crippen molar-refractivity contribution in [2.75, 3.05) is 11.9 Å². The second kappa shape index (κ2) is 6.85. The smallest absolute Gasteiger partial charge is 0.263 e. The average molecular weight is 346 g/mol. The largest absolute Gasteiger partial charge is 0.352 e. The normalized spacial score (nSPS) is 16.1. The van der Waals surface area contributed by atoms with E-state index in [0.29, 0.717) is 11.0 Å². The molecular formula is C17H26N6O2. The van der Waals surface area contributed by atoms with Crippen molar-refractivity contribution >= 4 is 22.9 Å². The molecule has 2 aromatic rings. The third kappa shape index (κ3) is 4.00. The maximum absolute atomic E-state index is 12.2. The lowest BCUT2D eigenvalue weighted by molar-refractivity contribution is -0.120. The van der Waals surface area contributed by atoms with E-state index < -0.39 is 0 Å². The van der Waals surface area contributed by atoms with E-state index in [1.165, 1.54) is 25.5 Å². The highest BCUT2D eigenvalue weighted by atomic mass is 16.2. The fraction of sp³-hybridized carbons (Fsp3) is 0.647. The zero-order valence-electron chi connectivity index (χ0n) is 15.1. The van der Waals surface area contributed by atoms with Gasteiger partial charge in [-0.25, -0.2) is 4.68 Å².